The quantitative estimate of drug-likeness (QED) is 0.940. The number of thiazole rings is 1. The molecule has 1 aromatic heterocycles. The molecule has 0 spiro atoms. The Morgan fingerprint density at radius 1 is 1.14 bits per heavy atom. The second kappa shape index (κ2) is 6.05. The van der Waals surface area contributed by atoms with Crippen LogP contribution in [0.1, 0.15) is 25.7 Å². The van der Waals surface area contributed by atoms with Crippen LogP contribution < -0.4 is 10.2 Å². The topological polar surface area (TPSA) is 31.4 Å². The molecule has 2 aliphatic rings. The molecule has 5 heteroatoms. The van der Waals surface area contributed by atoms with Gasteiger partial charge in [-0.1, -0.05) is 24.2 Å². The SMILES string of the molecule is CN1CCN(c2ccc3nc(NC4CCCC4)sc3c2)CC1. The van der Waals surface area contributed by atoms with Crippen LogP contribution in [0, 0.1) is 0 Å². The molecular weight excluding hydrogens is 292 g/mol. The summed E-state index contributed by atoms with van der Waals surface area (Å²) < 4.78 is 1.30. The van der Waals surface area contributed by atoms with Gasteiger partial charge in [0.05, 0.1) is 10.2 Å². The summed E-state index contributed by atoms with van der Waals surface area (Å²) in [6.45, 7) is 4.53. The predicted octanol–water partition coefficient (Wildman–Crippen LogP) is 3.40. The molecule has 2 aromatic rings. The fourth-order valence-electron chi connectivity index (χ4n) is 3.48. The maximum absolute atomic E-state index is 4.76. The van der Waals surface area contributed by atoms with Gasteiger partial charge in [-0.05, 0) is 38.1 Å². The van der Waals surface area contributed by atoms with Crippen molar-refractivity contribution in [1.82, 2.24) is 9.88 Å². The van der Waals surface area contributed by atoms with Crippen molar-refractivity contribution < 1.29 is 0 Å². The zero-order chi connectivity index (χ0) is 14.9. The number of piperazine rings is 1. The molecule has 22 heavy (non-hydrogen) atoms. The molecular formula is C17H24N4S. The van der Waals surface area contributed by atoms with Gasteiger partial charge in [0, 0.05) is 37.9 Å². The van der Waals surface area contributed by atoms with E-state index in [0.29, 0.717) is 6.04 Å². The average Bonchev–Trinajstić information content (AvgIpc) is 3.16. The molecule has 0 amide bonds. The van der Waals surface area contributed by atoms with E-state index in [1.165, 1.54) is 36.1 Å². The van der Waals surface area contributed by atoms with E-state index in [9.17, 15) is 0 Å². The Labute approximate surface area is 136 Å². The van der Waals surface area contributed by atoms with Gasteiger partial charge < -0.3 is 15.1 Å². The summed E-state index contributed by atoms with van der Waals surface area (Å²) in [5.41, 5.74) is 2.47. The van der Waals surface area contributed by atoms with E-state index in [-0.39, 0.29) is 0 Å². The van der Waals surface area contributed by atoms with Gasteiger partial charge in [-0.15, -0.1) is 0 Å². The van der Waals surface area contributed by atoms with E-state index in [1.807, 2.05) is 0 Å². The van der Waals surface area contributed by atoms with Crippen molar-refractivity contribution in [2.45, 2.75) is 31.7 Å². The highest BCUT2D eigenvalue weighted by molar-refractivity contribution is 7.22. The standard InChI is InChI=1S/C17H24N4S/c1-20-8-10-21(11-9-20)14-6-7-15-16(12-14)22-17(19-15)18-13-4-2-3-5-13/h6-7,12-13H,2-5,8-11H2,1H3,(H,18,19). The van der Waals surface area contributed by atoms with E-state index in [4.69, 9.17) is 4.98 Å². The minimum absolute atomic E-state index is 0.637. The van der Waals surface area contributed by atoms with Gasteiger partial charge in [0.15, 0.2) is 5.13 Å². The Balaban J connectivity index is 1.52. The largest absolute Gasteiger partial charge is 0.369 e. The second-order valence-electron chi connectivity index (χ2n) is 6.59. The van der Waals surface area contributed by atoms with Crippen LogP contribution in [-0.2, 0) is 0 Å². The molecule has 118 valence electrons. The van der Waals surface area contributed by atoms with Crippen LogP contribution in [0.4, 0.5) is 10.8 Å². The van der Waals surface area contributed by atoms with Crippen LogP contribution in [0.3, 0.4) is 0 Å². The van der Waals surface area contributed by atoms with Crippen molar-refractivity contribution in [3.05, 3.63) is 18.2 Å². The molecule has 0 atom stereocenters. The highest BCUT2D eigenvalue weighted by Gasteiger charge is 2.18. The summed E-state index contributed by atoms with van der Waals surface area (Å²) >= 11 is 1.80. The molecule has 1 saturated carbocycles. The van der Waals surface area contributed by atoms with Gasteiger partial charge in [-0.25, -0.2) is 4.98 Å². The minimum Gasteiger partial charge on any atom is -0.369 e. The summed E-state index contributed by atoms with van der Waals surface area (Å²) in [7, 11) is 2.20. The zero-order valence-electron chi connectivity index (χ0n) is 13.2. The van der Waals surface area contributed by atoms with Gasteiger partial charge in [0.2, 0.25) is 0 Å². The fourth-order valence-corrected chi connectivity index (χ4v) is 4.46. The number of hydrogen-bond donors (Lipinski definition) is 1. The van der Waals surface area contributed by atoms with Gasteiger partial charge in [-0.2, -0.15) is 0 Å². The van der Waals surface area contributed by atoms with Crippen molar-refractivity contribution in [2.75, 3.05) is 43.4 Å². The van der Waals surface area contributed by atoms with E-state index in [0.717, 1.165) is 36.8 Å². The first-order chi connectivity index (χ1) is 10.8. The van der Waals surface area contributed by atoms with Crippen molar-refractivity contribution >= 4 is 32.4 Å². The fraction of sp³-hybridized carbons (Fsp3) is 0.588. The van der Waals surface area contributed by atoms with Crippen LogP contribution in [0.15, 0.2) is 18.2 Å². The summed E-state index contributed by atoms with van der Waals surface area (Å²) in [5.74, 6) is 0. The number of anilines is 2. The lowest BCUT2D eigenvalue weighted by atomic mass is 10.2. The first kappa shape index (κ1) is 14.3. The smallest absolute Gasteiger partial charge is 0.184 e. The second-order valence-corrected chi connectivity index (χ2v) is 7.62. The van der Waals surface area contributed by atoms with E-state index in [2.05, 4.69) is 40.4 Å². The van der Waals surface area contributed by atoms with Crippen molar-refractivity contribution in [2.24, 2.45) is 0 Å². The Morgan fingerprint density at radius 3 is 2.68 bits per heavy atom. The lowest BCUT2D eigenvalue weighted by Gasteiger charge is -2.34. The van der Waals surface area contributed by atoms with Gasteiger partial charge in [0.1, 0.15) is 0 Å². The minimum atomic E-state index is 0.637. The highest BCUT2D eigenvalue weighted by Crippen LogP contribution is 2.32. The molecule has 0 bridgehead atoms. The summed E-state index contributed by atoms with van der Waals surface area (Å²) in [5, 5.41) is 4.72. The zero-order valence-corrected chi connectivity index (χ0v) is 14.0. The third-order valence-corrected chi connectivity index (χ3v) is 5.87. The molecule has 1 aliphatic carbocycles. The molecule has 1 saturated heterocycles. The maximum Gasteiger partial charge on any atom is 0.184 e. The third-order valence-electron chi connectivity index (χ3n) is 4.92. The third kappa shape index (κ3) is 2.92. The van der Waals surface area contributed by atoms with E-state index >= 15 is 0 Å². The van der Waals surface area contributed by atoms with Gasteiger partial charge >= 0.3 is 0 Å². The van der Waals surface area contributed by atoms with Gasteiger partial charge in [-0.3, -0.25) is 0 Å². The molecule has 4 nitrogen and oxygen atoms in total. The lowest BCUT2D eigenvalue weighted by Crippen LogP contribution is -2.44. The van der Waals surface area contributed by atoms with E-state index < -0.39 is 0 Å². The number of aromatic nitrogens is 1. The molecule has 2 fully saturated rings. The van der Waals surface area contributed by atoms with Crippen LogP contribution in [0.5, 0.6) is 0 Å². The number of nitrogens with zero attached hydrogens (tertiary/aromatic N) is 3. The summed E-state index contributed by atoms with van der Waals surface area (Å²) in [6.07, 6.45) is 5.30. The summed E-state index contributed by atoms with van der Waals surface area (Å²) in [6, 6.07) is 7.36. The predicted molar refractivity (Wildman–Crippen MR) is 95.2 cm³/mol. The maximum atomic E-state index is 4.76. The normalized spacial score (nSPS) is 20.9. The molecule has 0 radical (unpaired) electrons. The Morgan fingerprint density at radius 2 is 1.91 bits per heavy atom. The number of nitrogens with one attached hydrogen (secondary N) is 1. The van der Waals surface area contributed by atoms with E-state index in [1.54, 1.807) is 11.3 Å². The average molecular weight is 316 g/mol. The van der Waals surface area contributed by atoms with Crippen LogP contribution >= 0.6 is 11.3 Å². The van der Waals surface area contributed by atoms with Crippen molar-refractivity contribution in [3.8, 4) is 0 Å². The first-order valence-electron chi connectivity index (χ1n) is 8.38. The van der Waals surface area contributed by atoms with Crippen molar-refractivity contribution in [3.63, 3.8) is 0 Å². The number of rotatable bonds is 3. The monoisotopic (exact) mass is 316 g/mol. The number of likely N-dealkylation sites (N-methyl/N-ethyl adjacent to an activating group) is 1. The van der Waals surface area contributed by atoms with Crippen LogP contribution in [0.25, 0.3) is 10.2 Å². The van der Waals surface area contributed by atoms with Crippen molar-refractivity contribution in [1.29, 1.82) is 0 Å². The Bertz CT molecular complexity index is 639. The number of benzene rings is 1. The number of hydrogen-bond acceptors (Lipinski definition) is 5. The Kier molecular flexibility index (Phi) is 3.92. The molecule has 2 heterocycles. The lowest BCUT2D eigenvalue weighted by molar-refractivity contribution is 0.313. The molecule has 0 unspecified atom stereocenters. The number of fused-ring (bicyclic) bond motifs is 1. The molecule has 1 aromatic carbocycles. The highest BCUT2D eigenvalue weighted by atomic mass is 32.1. The summed E-state index contributed by atoms with van der Waals surface area (Å²) in [4.78, 5) is 9.64. The van der Waals surface area contributed by atoms with Crippen LogP contribution in [-0.4, -0.2) is 49.2 Å². The first-order valence-corrected chi connectivity index (χ1v) is 9.20. The van der Waals surface area contributed by atoms with Crippen LogP contribution in [0.2, 0.25) is 0 Å². The molecule has 1 aliphatic heterocycles. The molecule has 4 rings (SSSR count). The Hall–Kier alpha value is -1.33. The molecule has 1 N–H and O–H groups in total. The van der Waals surface area contributed by atoms with Gasteiger partial charge in [0.25, 0.3) is 0 Å².